The summed E-state index contributed by atoms with van der Waals surface area (Å²) in [5.74, 6) is 0.0815. The quantitative estimate of drug-likeness (QED) is 0.727. The zero-order valence-electron chi connectivity index (χ0n) is 6.75. The van der Waals surface area contributed by atoms with Crippen molar-refractivity contribution in [2.45, 2.75) is 30.6 Å². The van der Waals surface area contributed by atoms with Crippen LogP contribution in [-0.2, 0) is 4.79 Å². The van der Waals surface area contributed by atoms with Crippen LogP contribution in [0.1, 0.15) is 27.2 Å². The van der Waals surface area contributed by atoms with Gasteiger partial charge in [0.05, 0.1) is 0 Å². The van der Waals surface area contributed by atoms with Crippen molar-refractivity contribution in [1.29, 1.82) is 0 Å². The summed E-state index contributed by atoms with van der Waals surface area (Å²) in [5.41, 5.74) is 0. The van der Waals surface area contributed by atoms with Crippen LogP contribution in [0.5, 0.6) is 0 Å². The Morgan fingerprint density at radius 1 is 1.36 bits per heavy atom. The van der Waals surface area contributed by atoms with Crippen molar-refractivity contribution in [1.82, 2.24) is 0 Å². The number of carbonyl (C=O) groups is 1. The maximum atomic E-state index is 10.8. The van der Waals surface area contributed by atoms with Gasteiger partial charge in [-0.25, -0.2) is 0 Å². The van der Waals surface area contributed by atoms with Crippen LogP contribution < -0.4 is 0 Å². The van der Waals surface area contributed by atoms with Gasteiger partial charge < -0.3 is 0 Å². The zero-order valence-corrected chi connectivity index (χ0v) is 11.9. The normalized spacial score (nSPS) is 13.3. The Kier molecular flexibility index (Phi) is 4.52. The molecule has 0 saturated heterocycles. The fourth-order valence-corrected chi connectivity index (χ4v) is 3.35. The second-order valence-electron chi connectivity index (χ2n) is 3.26. The van der Waals surface area contributed by atoms with E-state index in [0.717, 1.165) is 0 Å². The fourth-order valence-electron chi connectivity index (χ4n) is 0.723. The minimum atomic E-state index is -3.46. The van der Waals surface area contributed by atoms with Crippen molar-refractivity contribution >= 4 is 47.5 Å². The zero-order chi connectivity index (χ0) is 9.28. The van der Waals surface area contributed by atoms with E-state index in [2.05, 4.69) is 0 Å². The molecule has 0 fully saturated rings. The Morgan fingerprint density at radius 3 is 1.82 bits per heavy atom. The van der Waals surface area contributed by atoms with Crippen LogP contribution in [0.15, 0.2) is 0 Å². The summed E-state index contributed by atoms with van der Waals surface area (Å²) in [4.78, 5) is 10.8. The molecule has 0 N–H and O–H groups in total. The predicted octanol–water partition coefficient (Wildman–Crippen LogP) is 3.40. The standard InChI is InChI=1S/C6H11O.3ClH.Sn/c1-5(2)4-6(3)7;;;;/h4H2,1-3H3;3*1H;/q;;;;+3/p-3. The molecule has 0 amide bonds. The van der Waals surface area contributed by atoms with Gasteiger partial charge in [0.25, 0.3) is 0 Å². The van der Waals surface area contributed by atoms with E-state index >= 15 is 0 Å². The van der Waals surface area contributed by atoms with Gasteiger partial charge in [-0.2, -0.15) is 0 Å². The SMILES string of the molecule is CC(=O)C[C](C)(C)[Sn]([Cl])([Cl])[Cl]. The van der Waals surface area contributed by atoms with Crippen LogP contribution in [0.25, 0.3) is 0 Å². The van der Waals surface area contributed by atoms with Crippen LogP contribution in [-0.4, -0.2) is 20.8 Å². The van der Waals surface area contributed by atoms with Gasteiger partial charge in [-0.15, -0.1) is 0 Å². The van der Waals surface area contributed by atoms with Crippen molar-refractivity contribution < 1.29 is 4.79 Å². The molecule has 0 aromatic carbocycles. The summed E-state index contributed by atoms with van der Waals surface area (Å²) in [5, 5.41) is 0. The molecule has 0 heterocycles. The van der Waals surface area contributed by atoms with Crippen LogP contribution >= 0.6 is 26.8 Å². The van der Waals surface area contributed by atoms with Gasteiger partial charge in [0, 0.05) is 0 Å². The molecule has 5 heteroatoms. The fraction of sp³-hybridized carbons (Fsp3) is 0.833. The number of Topliss-reactive ketones (excluding diaryl/α,β-unsaturated/α-hetero) is 1. The Labute approximate surface area is 82.4 Å². The molecule has 66 valence electrons. The Bertz CT molecular complexity index is 162. The van der Waals surface area contributed by atoms with Crippen LogP contribution in [0, 0.1) is 0 Å². The van der Waals surface area contributed by atoms with E-state index in [1.165, 1.54) is 6.92 Å². The van der Waals surface area contributed by atoms with Crippen molar-refractivity contribution in [2.75, 3.05) is 0 Å². The van der Waals surface area contributed by atoms with Gasteiger partial charge >= 0.3 is 83.0 Å². The molecule has 0 unspecified atom stereocenters. The number of carbonyl (C=O) groups excluding carboxylic acids is 1. The Balaban J connectivity index is 4.34. The van der Waals surface area contributed by atoms with Crippen LogP contribution in [0.4, 0.5) is 0 Å². The molecule has 0 bridgehead atoms. The number of halogens is 3. The molecule has 0 rings (SSSR count). The van der Waals surface area contributed by atoms with Crippen molar-refractivity contribution in [3.05, 3.63) is 0 Å². The maximum absolute atomic E-state index is 10.8. The van der Waals surface area contributed by atoms with E-state index in [4.69, 9.17) is 26.8 Å². The second kappa shape index (κ2) is 4.03. The Hall–Kier alpha value is 1.34. The molecule has 0 aliphatic heterocycles. The van der Waals surface area contributed by atoms with Crippen molar-refractivity contribution in [2.24, 2.45) is 0 Å². The molecular formula is C6H11Cl3OSn. The average molecular weight is 324 g/mol. The summed E-state index contributed by atoms with van der Waals surface area (Å²) >= 11 is -3.46. The molecule has 0 spiro atoms. The molecule has 0 saturated carbocycles. The van der Waals surface area contributed by atoms with E-state index in [9.17, 15) is 4.79 Å². The number of rotatable bonds is 3. The molecular weight excluding hydrogens is 313 g/mol. The third-order valence-electron chi connectivity index (χ3n) is 1.46. The molecule has 0 aliphatic carbocycles. The first-order valence-electron chi connectivity index (χ1n) is 3.23. The van der Waals surface area contributed by atoms with E-state index in [-0.39, 0.29) is 9.21 Å². The van der Waals surface area contributed by atoms with Gasteiger partial charge in [-0.3, -0.25) is 0 Å². The molecule has 0 aromatic heterocycles. The average Bonchev–Trinajstić information content (AvgIpc) is 1.56. The molecule has 0 aliphatic rings. The van der Waals surface area contributed by atoms with Crippen molar-refractivity contribution in [3.63, 3.8) is 0 Å². The van der Waals surface area contributed by atoms with Gasteiger partial charge in [0.1, 0.15) is 0 Å². The van der Waals surface area contributed by atoms with E-state index in [1.807, 2.05) is 13.8 Å². The summed E-state index contributed by atoms with van der Waals surface area (Å²) in [7, 11) is 17.6. The van der Waals surface area contributed by atoms with E-state index in [0.29, 0.717) is 6.42 Å². The third kappa shape index (κ3) is 4.20. The first-order valence-corrected chi connectivity index (χ1v) is 15.5. The first kappa shape index (κ1) is 12.3. The molecule has 0 atom stereocenters. The summed E-state index contributed by atoms with van der Waals surface area (Å²) in [6.45, 7) is 5.21. The monoisotopic (exact) mass is 324 g/mol. The van der Waals surface area contributed by atoms with Gasteiger partial charge in [0.15, 0.2) is 0 Å². The van der Waals surface area contributed by atoms with Gasteiger partial charge in [-0.1, -0.05) is 0 Å². The number of ketones is 1. The van der Waals surface area contributed by atoms with E-state index < -0.39 is 15.0 Å². The van der Waals surface area contributed by atoms with Gasteiger partial charge in [0.2, 0.25) is 0 Å². The van der Waals surface area contributed by atoms with Crippen LogP contribution in [0.2, 0.25) is 3.43 Å². The van der Waals surface area contributed by atoms with Crippen molar-refractivity contribution in [3.8, 4) is 0 Å². The minimum absolute atomic E-state index is 0.0815. The molecule has 1 nitrogen and oxygen atoms in total. The number of hydrogen-bond donors (Lipinski definition) is 0. The third-order valence-corrected chi connectivity index (χ3v) is 16.6. The summed E-state index contributed by atoms with van der Waals surface area (Å²) in [6, 6.07) is 0. The summed E-state index contributed by atoms with van der Waals surface area (Å²) in [6.07, 6.45) is 0.375. The molecule has 11 heavy (non-hydrogen) atoms. The predicted molar refractivity (Wildman–Crippen MR) is 52.7 cm³/mol. The Morgan fingerprint density at radius 2 is 1.73 bits per heavy atom. The van der Waals surface area contributed by atoms with Gasteiger partial charge in [-0.05, 0) is 0 Å². The summed E-state index contributed by atoms with van der Waals surface area (Å²) < 4.78 is -0.384. The number of hydrogen-bond acceptors (Lipinski definition) is 1. The van der Waals surface area contributed by atoms with E-state index in [1.54, 1.807) is 0 Å². The second-order valence-corrected chi connectivity index (χ2v) is 25.3. The molecule has 0 radical (unpaired) electrons. The van der Waals surface area contributed by atoms with Crippen LogP contribution in [0.3, 0.4) is 0 Å². The first-order chi connectivity index (χ1) is 4.67. The molecule has 0 aromatic rings. The topological polar surface area (TPSA) is 17.1 Å².